The summed E-state index contributed by atoms with van der Waals surface area (Å²) in [6.07, 6.45) is -4.88. The van der Waals surface area contributed by atoms with E-state index < -0.39 is 18.2 Å². The van der Waals surface area contributed by atoms with Crippen LogP contribution in [-0.2, 0) is 6.54 Å². The van der Waals surface area contributed by atoms with Gasteiger partial charge < -0.3 is 15.6 Å². The number of rotatable bonds is 3. The number of alkyl halides is 3. The first-order valence-electron chi connectivity index (χ1n) is 4.13. The number of nitrogens with zero attached hydrogens (tertiary/aromatic N) is 1. The SMILES string of the molecule is NCc1nc(OC(F)(F)F)cc(I)c1C(=O)O. The molecule has 0 aliphatic carbocycles. The second-order valence-electron chi connectivity index (χ2n) is 2.82. The van der Waals surface area contributed by atoms with Gasteiger partial charge in [-0.15, -0.1) is 13.2 Å². The molecule has 0 aliphatic rings. The molecule has 0 aliphatic heterocycles. The molecule has 0 spiro atoms. The molecule has 0 radical (unpaired) electrons. The van der Waals surface area contributed by atoms with Crippen LogP contribution in [0.25, 0.3) is 0 Å². The maximum atomic E-state index is 12.0. The highest BCUT2D eigenvalue weighted by Crippen LogP contribution is 2.25. The molecule has 0 fully saturated rings. The van der Waals surface area contributed by atoms with Gasteiger partial charge in [0, 0.05) is 16.2 Å². The van der Waals surface area contributed by atoms with Gasteiger partial charge in [0.15, 0.2) is 0 Å². The van der Waals surface area contributed by atoms with Crippen molar-refractivity contribution in [3.63, 3.8) is 0 Å². The van der Waals surface area contributed by atoms with Crippen LogP contribution in [0.4, 0.5) is 13.2 Å². The van der Waals surface area contributed by atoms with Crippen molar-refractivity contribution in [1.82, 2.24) is 4.98 Å². The first kappa shape index (κ1) is 14.0. The van der Waals surface area contributed by atoms with Crippen LogP contribution in [0.2, 0.25) is 0 Å². The van der Waals surface area contributed by atoms with Crippen molar-refractivity contribution in [1.29, 1.82) is 0 Å². The zero-order valence-corrected chi connectivity index (χ0v) is 10.2. The Kier molecular flexibility index (Phi) is 4.14. The summed E-state index contributed by atoms with van der Waals surface area (Å²) in [6, 6.07) is 0.886. The number of carboxylic acid groups (broad SMARTS) is 1. The van der Waals surface area contributed by atoms with E-state index in [4.69, 9.17) is 10.8 Å². The van der Waals surface area contributed by atoms with E-state index in [0.29, 0.717) is 0 Å². The second kappa shape index (κ2) is 5.04. The van der Waals surface area contributed by atoms with Gasteiger partial charge >= 0.3 is 12.3 Å². The lowest BCUT2D eigenvalue weighted by Gasteiger charge is -2.11. The van der Waals surface area contributed by atoms with Crippen molar-refractivity contribution in [2.45, 2.75) is 12.9 Å². The van der Waals surface area contributed by atoms with Gasteiger partial charge in [0.2, 0.25) is 5.88 Å². The van der Waals surface area contributed by atoms with E-state index in [0.717, 1.165) is 6.07 Å². The molecule has 94 valence electrons. The standard InChI is InChI=1S/C8H6F3IN2O3/c9-8(10,11)17-5-1-3(12)6(7(15)16)4(2-13)14-5/h1H,2,13H2,(H,15,16). The predicted octanol–water partition coefficient (Wildman–Crippen LogP) is 1.74. The molecule has 0 amide bonds. The summed E-state index contributed by atoms with van der Waals surface area (Å²) < 4.78 is 39.5. The fourth-order valence-corrected chi connectivity index (χ4v) is 1.89. The number of pyridine rings is 1. The highest BCUT2D eigenvalue weighted by Gasteiger charge is 2.32. The summed E-state index contributed by atoms with van der Waals surface area (Å²) >= 11 is 1.58. The minimum absolute atomic E-state index is 0.0739. The van der Waals surface area contributed by atoms with Gasteiger partial charge in [-0.05, 0) is 22.6 Å². The van der Waals surface area contributed by atoms with Crippen LogP contribution in [0, 0.1) is 3.57 Å². The average molecular weight is 362 g/mol. The number of aromatic carboxylic acids is 1. The molecule has 0 saturated carbocycles. The van der Waals surface area contributed by atoms with Gasteiger partial charge in [0.1, 0.15) is 0 Å². The smallest absolute Gasteiger partial charge is 0.478 e. The molecule has 0 saturated heterocycles. The number of aromatic nitrogens is 1. The number of hydrogen-bond donors (Lipinski definition) is 2. The number of hydrogen-bond acceptors (Lipinski definition) is 4. The van der Waals surface area contributed by atoms with Crippen LogP contribution in [0.3, 0.4) is 0 Å². The maximum Gasteiger partial charge on any atom is 0.574 e. The summed E-state index contributed by atoms with van der Waals surface area (Å²) in [5.74, 6) is -2.03. The van der Waals surface area contributed by atoms with Gasteiger partial charge in [-0.3, -0.25) is 0 Å². The minimum atomic E-state index is -4.88. The molecule has 3 N–H and O–H groups in total. The molecule has 17 heavy (non-hydrogen) atoms. The zero-order valence-electron chi connectivity index (χ0n) is 8.08. The first-order chi connectivity index (χ1) is 7.74. The van der Waals surface area contributed by atoms with E-state index in [1.54, 1.807) is 22.6 Å². The van der Waals surface area contributed by atoms with Crippen molar-refractivity contribution in [2.24, 2.45) is 5.73 Å². The predicted molar refractivity (Wildman–Crippen MR) is 58.5 cm³/mol. The van der Waals surface area contributed by atoms with Crippen molar-refractivity contribution < 1.29 is 27.8 Å². The molecule has 1 heterocycles. The Balaban J connectivity index is 3.23. The zero-order chi connectivity index (χ0) is 13.2. The Morgan fingerprint density at radius 2 is 2.18 bits per heavy atom. The van der Waals surface area contributed by atoms with Crippen LogP contribution < -0.4 is 10.5 Å². The Morgan fingerprint density at radius 3 is 2.59 bits per heavy atom. The van der Waals surface area contributed by atoms with Crippen LogP contribution in [0.15, 0.2) is 6.07 Å². The molecule has 0 aromatic carbocycles. The first-order valence-corrected chi connectivity index (χ1v) is 5.21. The Morgan fingerprint density at radius 1 is 1.59 bits per heavy atom. The fraction of sp³-hybridized carbons (Fsp3) is 0.250. The fourth-order valence-electron chi connectivity index (χ4n) is 1.08. The molecule has 1 rings (SSSR count). The van der Waals surface area contributed by atoms with E-state index in [-0.39, 0.29) is 21.4 Å². The molecular weight excluding hydrogens is 356 g/mol. The van der Waals surface area contributed by atoms with E-state index in [1.807, 2.05) is 0 Å². The topological polar surface area (TPSA) is 85.4 Å². The molecule has 0 bridgehead atoms. The summed E-state index contributed by atoms with van der Waals surface area (Å²) in [7, 11) is 0. The number of nitrogens with two attached hydrogens (primary N) is 1. The second-order valence-corrected chi connectivity index (χ2v) is 3.98. The molecule has 0 unspecified atom stereocenters. The number of carbonyl (C=O) groups is 1. The molecule has 0 atom stereocenters. The minimum Gasteiger partial charge on any atom is -0.478 e. The highest BCUT2D eigenvalue weighted by atomic mass is 127. The van der Waals surface area contributed by atoms with Gasteiger partial charge in [-0.2, -0.15) is 0 Å². The lowest BCUT2D eigenvalue weighted by Crippen LogP contribution is -2.20. The maximum absolute atomic E-state index is 12.0. The third-order valence-electron chi connectivity index (χ3n) is 1.65. The van der Waals surface area contributed by atoms with Crippen molar-refractivity contribution in [3.8, 4) is 5.88 Å². The van der Waals surface area contributed by atoms with E-state index in [9.17, 15) is 18.0 Å². The molecule has 1 aromatic rings. The largest absolute Gasteiger partial charge is 0.574 e. The van der Waals surface area contributed by atoms with Crippen molar-refractivity contribution in [2.75, 3.05) is 0 Å². The van der Waals surface area contributed by atoms with Gasteiger partial charge in [-0.25, -0.2) is 9.78 Å². The third-order valence-corrected chi connectivity index (χ3v) is 2.50. The number of ether oxygens (including phenoxy) is 1. The molecule has 9 heteroatoms. The summed E-state index contributed by atoms with van der Waals surface area (Å²) in [6.45, 7) is -0.299. The quantitative estimate of drug-likeness (QED) is 0.801. The van der Waals surface area contributed by atoms with Crippen LogP contribution in [0.5, 0.6) is 5.88 Å². The average Bonchev–Trinajstić information content (AvgIpc) is 2.12. The summed E-state index contributed by atoms with van der Waals surface area (Å²) in [4.78, 5) is 14.2. The van der Waals surface area contributed by atoms with E-state index >= 15 is 0 Å². The van der Waals surface area contributed by atoms with Crippen molar-refractivity contribution >= 4 is 28.6 Å². The molecule has 5 nitrogen and oxygen atoms in total. The van der Waals surface area contributed by atoms with Crippen molar-refractivity contribution in [3.05, 3.63) is 20.9 Å². The number of carboxylic acids is 1. The lowest BCUT2D eigenvalue weighted by molar-refractivity contribution is -0.276. The third kappa shape index (κ3) is 3.70. The number of halogens is 4. The Bertz CT molecular complexity index is 450. The van der Waals surface area contributed by atoms with E-state index in [2.05, 4.69) is 9.72 Å². The molecular formula is C8H6F3IN2O3. The summed E-state index contributed by atoms with van der Waals surface area (Å²) in [5, 5.41) is 8.84. The Labute approximate surface area is 107 Å². The van der Waals surface area contributed by atoms with Gasteiger partial charge in [-0.1, -0.05) is 0 Å². The molecule has 1 aromatic heterocycles. The van der Waals surface area contributed by atoms with Crippen LogP contribution >= 0.6 is 22.6 Å². The summed E-state index contributed by atoms with van der Waals surface area (Å²) in [5.41, 5.74) is 4.84. The Hall–Kier alpha value is -1.10. The van der Waals surface area contributed by atoms with Crippen LogP contribution in [0.1, 0.15) is 16.1 Å². The lowest BCUT2D eigenvalue weighted by atomic mass is 10.2. The van der Waals surface area contributed by atoms with Gasteiger partial charge in [0.05, 0.1) is 11.3 Å². The monoisotopic (exact) mass is 362 g/mol. The van der Waals surface area contributed by atoms with Crippen LogP contribution in [-0.4, -0.2) is 22.4 Å². The van der Waals surface area contributed by atoms with Gasteiger partial charge in [0.25, 0.3) is 0 Å². The highest BCUT2D eigenvalue weighted by molar-refractivity contribution is 14.1. The normalized spacial score (nSPS) is 11.4. The van der Waals surface area contributed by atoms with E-state index in [1.165, 1.54) is 0 Å².